The first-order chi connectivity index (χ1) is 11.2. The second-order valence-electron chi connectivity index (χ2n) is 4.87. The Hall–Kier alpha value is -1.98. The molecule has 0 fully saturated rings. The summed E-state index contributed by atoms with van der Waals surface area (Å²) in [7, 11) is 0. The molecule has 0 atom stereocenters. The number of allylic oxidation sites excluding steroid dienone is 1. The number of nitrogens with zero attached hydrogens (tertiary/aromatic N) is 2. The SMILES string of the molecule is C=CCn1c(-c2ccccc2Br)csc1=Nc1ccc(F)cc1. The molecule has 3 rings (SSSR count). The minimum atomic E-state index is -0.261. The van der Waals surface area contributed by atoms with E-state index in [4.69, 9.17) is 0 Å². The fourth-order valence-corrected chi connectivity index (χ4v) is 3.65. The van der Waals surface area contributed by atoms with Gasteiger partial charge < -0.3 is 4.57 Å². The lowest BCUT2D eigenvalue weighted by molar-refractivity contribution is 0.628. The summed E-state index contributed by atoms with van der Waals surface area (Å²) in [5, 5.41) is 2.08. The van der Waals surface area contributed by atoms with Crippen molar-refractivity contribution in [3.63, 3.8) is 0 Å². The van der Waals surface area contributed by atoms with Crippen molar-refractivity contribution >= 4 is 33.0 Å². The van der Waals surface area contributed by atoms with Crippen molar-refractivity contribution in [2.45, 2.75) is 6.54 Å². The normalized spacial score (nSPS) is 11.7. The topological polar surface area (TPSA) is 17.3 Å². The molecule has 2 aromatic carbocycles. The molecule has 1 aromatic heterocycles. The van der Waals surface area contributed by atoms with E-state index < -0.39 is 0 Å². The van der Waals surface area contributed by atoms with Crippen LogP contribution in [-0.4, -0.2) is 4.57 Å². The molecule has 0 radical (unpaired) electrons. The van der Waals surface area contributed by atoms with E-state index in [0.717, 1.165) is 26.2 Å². The first-order valence-corrected chi connectivity index (χ1v) is 8.70. The fraction of sp³-hybridized carbons (Fsp3) is 0.0556. The van der Waals surface area contributed by atoms with Crippen molar-refractivity contribution in [1.82, 2.24) is 4.57 Å². The Morgan fingerprint density at radius 2 is 1.91 bits per heavy atom. The van der Waals surface area contributed by atoms with Crippen LogP contribution in [0.2, 0.25) is 0 Å². The van der Waals surface area contributed by atoms with Crippen LogP contribution in [0.25, 0.3) is 11.3 Å². The molecule has 2 nitrogen and oxygen atoms in total. The highest BCUT2D eigenvalue weighted by Crippen LogP contribution is 2.28. The minimum absolute atomic E-state index is 0.261. The first-order valence-electron chi connectivity index (χ1n) is 7.03. The molecule has 0 spiro atoms. The van der Waals surface area contributed by atoms with Gasteiger partial charge in [0.2, 0.25) is 0 Å². The molecular formula is C18H14BrFN2S. The number of aromatic nitrogens is 1. The van der Waals surface area contributed by atoms with Gasteiger partial charge in [-0.2, -0.15) is 0 Å². The quantitative estimate of drug-likeness (QED) is 0.522. The van der Waals surface area contributed by atoms with E-state index in [2.05, 4.69) is 43.5 Å². The second kappa shape index (κ2) is 7.06. The zero-order valence-electron chi connectivity index (χ0n) is 12.2. The Morgan fingerprint density at radius 3 is 2.61 bits per heavy atom. The Bertz CT molecular complexity index is 894. The van der Waals surface area contributed by atoms with E-state index in [1.165, 1.54) is 12.1 Å². The number of hydrogen-bond acceptors (Lipinski definition) is 2. The summed E-state index contributed by atoms with van der Waals surface area (Å²) in [6.45, 7) is 4.49. The van der Waals surface area contributed by atoms with Crippen molar-refractivity contribution in [1.29, 1.82) is 0 Å². The van der Waals surface area contributed by atoms with Crippen molar-refractivity contribution < 1.29 is 4.39 Å². The summed E-state index contributed by atoms with van der Waals surface area (Å²) in [6.07, 6.45) is 1.84. The van der Waals surface area contributed by atoms with E-state index in [-0.39, 0.29) is 5.82 Å². The smallest absolute Gasteiger partial charge is 0.190 e. The van der Waals surface area contributed by atoms with Gasteiger partial charge >= 0.3 is 0 Å². The van der Waals surface area contributed by atoms with Crippen molar-refractivity contribution in [2.75, 3.05) is 0 Å². The summed E-state index contributed by atoms with van der Waals surface area (Å²) < 4.78 is 16.2. The van der Waals surface area contributed by atoms with Crippen LogP contribution in [0.15, 0.2) is 76.0 Å². The average Bonchev–Trinajstić information content (AvgIpc) is 2.93. The zero-order valence-corrected chi connectivity index (χ0v) is 14.6. The van der Waals surface area contributed by atoms with Crippen LogP contribution in [0.1, 0.15) is 0 Å². The molecule has 0 aliphatic heterocycles. The van der Waals surface area contributed by atoms with E-state index in [1.807, 2.05) is 24.3 Å². The summed E-state index contributed by atoms with van der Waals surface area (Å²) in [5.74, 6) is -0.261. The predicted octanol–water partition coefficient (Wildman–Crippen LogP) is 5.54. The third kappa shape index (κ3) is 3.51. The number of hydrogen-bond donors (Lipinski definition) is 0. The third-order valence-corrected chi connectivity index (χ3v) is 4.87. The highest BCUT2D eigenvalue weighted by Gasteiger charge is 2.09. The number of rotatable bonds is 4. The molecule has 0 unspecified atom stereocenters. The Morgan fingerprint density at radius 1 is 1.17 bits per heavy atom. The van der Waals surface area contributed by atoms with Crippen LogP contribution >= 0.6 is 27.3 Å². The summed E-state index contributed by atoms with van der Waals surface area (Å²) in [5.41, 5.74) is 2.90. The number of thiazole rings is 1. The molecule has 0 bridgehead atoms. The molecule has 3 aromatic rings. The molecule has 0 saturated carbocycles. The second-order valence-corrected chi connectivity index (χ2v) is 6.56. The maximum atomic E-state index is 13.0. The van der Waals surface area contributed by atoms with Crippen molar-refractivity contribution in [3.05, 3.63) is 81.7 Å². The predicted molar refractivity (Wildman–Crippen MR) is 97.3 cm³/mol. The third-order valence-electron chi connectivity index (χ3n) is 3.31. The van der Waals surface area contributed by atoms with Crippen LogP contribution in [0.4, 0.5) is 10.1 Å². The Labute approximate surface area is 146 Å². The lowest BCUT2D eigenvalue weighted by Crippen LogP contribution is -2.14. The molecule has 0 aliphatic rings. The maximum Gasteiger partial charge on any atom is 0.190 e. The van der Waals surface area contributed by atoms with Gasteiger partial charge in [-0.15, -0.1) is 17.9 Å². The van der Waals surface area contributed by atoms with Crippen molar-refractivity contribution in [3.8, 4) is 11.3 Å². The van der Waals surface area contributed by atoms with Gasteiger partial charge in [-0.25, -0.2) is 9.38 Å². The van der Waals surface area contributed by atoms with Crippen LogP contribution < -0.4 is 4.80 Å². The molecule has 0 amide bonds. The highest BCUT2D eigenvalue weighted by molar-refractivity contribution is 9.10. The fourth-order valence-electron chi connectivity index (χ4n) is 2.23. The van der Waals surface area contributed by atoms with Crippen LogP contribution in [0.3, 0.4) is 0 Å². The maximum absolute atomic E-state index is 13.0. The molecule has 23 heavy (non-hydrogen) atoms. The first kappa shape index (κ1) is 15.9. The van der Waals surface area contributed by atoms with Crippen LogP contribution in [-0.2, 0) is 6.54 Å². The lowest BCUT2D eigenvalue weighted by Gasteiger charge is -2.08. The number of benzene rings is 2. The molecule has 116 valence electrons. The largest absolute Gasteiger partial charge is 0.313 e. The summed E-state index contributed by atoms with van der Waals surface area (Å²) >= 11 is 5.15. The number of halogens is 2. The van der Waals surface area contributed by atoms with Crippen LogP contribution in [0, 0.1) is 5.82 Å². The van der Waals surface area contributed by atoms with Gasteiger partial charge in [0.1, 0.15) is 5.82 Å². The van der Waals surface area contributed by atoms with Gasteiger partial charge in [0.05, 0.1) is 11.4 Å². The minimum Gasteiger partial charge on any atom is -0.313 e. The summed E-state index contributed by atoms with van der Waals surface area (Å²) in [6, 6.07) is 14.2. The van der Waals surface area contributed by atoms with Gasteiger partial charge in [0, 0.05) is 22.0 Å². The summed E-state index contributed by atoms with van der Waals surface area (Å²) in [4.78, 5) is 5.48. The molecule has 5 heteroatoms. The van der Waals surface area contributed by atoms with Gasteiger partial charge in [-0.1, -0.05) is 40.2 Å². The van der Waals surface area contributed by atoms with E-state index in [0.29, 0.717) is 6.54 Å². The molecule has 0 saturated heterocycles. The van der Waals surface area contributed by atoms with Crippen LogP contribution in [0.5, 0.6) is 0 Å². The monoisotopic (exact) mass is 388 g/mol. The van der Waals surface area contributed by atoms with Crippen molar-refractivity contribution in [2.24, 2.45) is 4.99 Å². The molecule has 0 N–H and O–H groups in total. The van der Waals surface area contributed by atoms with Gasteiger partial charge in [-0.05, 0) is 30.3 Å². The average molecular weight is 389 g/mol. The highest BCUT2D eigenvalue weighted by atomic mass is 79.9. The Balaban J connectivity index is 2.14. The van der Waals surface area contributed by atoms with Gasteiger partial charge in [0.25, 0.3) is 0 Å². The molecule has 0 aliphatic carbocycles. The molecule has 1 heterocycles. The van der Waals surface area contributed by atoms with Gasteiger partial charge in [-0.3, -0.25) is 0 Å². The van der Waals surface area contributed by atoms with E-state index in [1.54, 1.807) is 23.5 Å². The lowest BCUT2D eigenvalue weighted by atomic mass is 10.2. The Kier molecular flexibility index (Phi) is 4.88. The standard InChI is InChI=1S/C18H14BrFN2S/c1-2-11-22-17(15-5-3-4-6-16(15)19)12-23-18(22)21-14-9-7-13(20)8-10-14/h2-10,12H,1,11H2. The van der Waals surface area contributed by atoms with E-state index in [9.17, 15) is 4.39 Å². The zero-order chi connectivity index (χ0) is 16.2. The van der Waals surface area contributed by atoms with Gasteiger partial charge in [0.15, 0.2) is 4.80 Å². The molecular weight excluding hydrogens is 375 g/mol. The van der Waals surface area contributed by atoms with E-state index >= 15 is 0 Å².